The highest BCUT2D eigenvalue weighted by molar-refractivity contribution is 7.10. The molecule has 0 radical (unpaired) electrons. The first kappa shape index (κ1) is 16.3. The van der Waals surface area contributed by atoms with E-state index in [0.717, 1.165) is 10.6 Å². The van der Waals surface area contributed by atoms with E-state index in [2.05, 4.69) is 10.6 Å². The molecule has 3 N–H and O–H groups in total. The molecule has 1 atom stereocenters. The monoisotopic (exact) mass is 320 g/mol. The zero-order chi connectivity index (χ0) is 15.8. The maximum atomic E-state index is 11.8. The van der Waals surface area contributed by atoms with Gasteiger partial charge in [0.2, 0.25) is 0 Å². The molecule has 6 heteroatoms. The van der Waals surface area contributed by atoms with Crippen LogP contribution in [0.2, 0.25) is 0 Å². The van der Waals surface area contributed by atoms with Crippen molar-refractivity contribution in [3.8, 4) is 5.75 Å². The van der Waals surface area contributed by atoms with E-state index in [9.17, 15) is 9.90 Å². The number of benzene rings is 1. The lowest BCUT2D eigenvalue weighted by Crippen LogP contribution is -2.30. The number of amides is 2. The number of thiophene rings is 1. The smallest absolute Gasteiger partial charge is 0.319 e. The molecule has 0 saturated heterocycles. The van der Waals surface area contributed by atoms with Crippen LogP contribution in [0.5, 0.6) is 5.75 Å². The van der Waals surface area contributed by atoms with E-state index in [1.54, 1.807) is 24.3 Å². The van der Waals surface area contributed by atoms with E-state index in [4.69, 9.17) is 4.74 Å². The number of ether oxygens (including phenoxy) is 1. The van der Waals surface area contributed by atoms with E-state index >= 15 is 0 Å². The fraction of sp³-hybridized carbons (Fsp3) is 0.312. The Bertz CT molecular complexity index is 570. The molecular formula is C16H20N2O3S. The lowest BCUT2D eigenvalue weighted by Gasteiger charge is -2.11. The standard InChI is InChI=1S/C16H20N2O3S/c1-2-21-13-7-5-12(6-8-13)18-16(20)17-10-9-14(19)15-4-3-11-22-15/h3-8,11,14,19H,2,9-10H2,1H3,(H2,17,18,20)/t14-/m1/s1. The molecule has 0 aliphatic heterocycles. The van der Waals surface area contributed by atoms with E-state index in [1.165, 1.54) is 11.3 Å². The number of carbonyl (C=O) groups excluding carboxylic acids is 1. The van der Waals surface area contributed by atoms with Crippen molar-refractivity contribution in [1.82, 2.24) is 5.32 Å². The van der Waals surface area contributed by atoms with Crippen LogP contribution in [-0.4, -0.2) is 24.3 Å². The van der Waals surface area contributed by atoms with Gasteiger partial charge in [-0.05, 0) is 49.1 Å². The zero-order valence-corrected chi connectivity index (χ0v) is 13.2. The maximum absolute atomic E-state index is 11.8. The molecule has 1 heterocycles. The summed E-state index contributed by atoms with van der Waals surface area (Å²) in [6.45, 7) is 2.94. The molecule has 0 fully saturated rings. The van der Waals surface area contributed by atoms with E-state index in [1.807, 2.05) is 24.4 Å². The Morgan fingerprint density at radius 2 is 2.09 bits per heavy atom. The normalized spacial score (nSPS) is 11.7. The van der Waals surface area contributed by atoms with Gasteiger partial charge < -0.3 is 20.5 Å². The minimum Gasteiger partial charge on any atom is -0.494 e. The first-order valence-electron chi connectivity index (χ1n) is 7.18. The van der Waals surface area contributed by atoms with Gasteiger partial charge in [-0.2, -0.15) is 0 Å². The Labute approximate surface area is 133 Å². The van der Waals surface area contributed by atoms with Gasteiger partial charge in [0.25, 0.3) is 0 Å². The summed E-state index contributed by atoms with van der Waals surface area (Å²) in [4.78, 5) is 12.7. The molecule has 0 aliphatic carbocycles. The molecule has 0 aliphatic rings. The van der Waals surface area contributed by atoms with Gasteiger partial charge in [0.05, 0.1) is 12.7 Å². The maximum Gasteiger partial charge on any atom is 0.319 e. The number of aliphatic hydroxyl groups excluding tert-OH is 1. The molecule has 22 heavy (non-hydrogen) atoms. The molecular weight excluding hydrogens is 300 g/mol. The van der Waals surface area contributed by atoms with Gasteiger partial charge in [0.15, 0.2) is 0 Å². The van der Waals surface area contributed by atoms with Gasteiger partial charge in [0.1, 0.15) is 5.75 Å². The fourth-order valence-corrected chi connectivity index (χ4v) is 2.67. The van der Waals surface area contributed by atoms with Crippen LogP contribution >= 0.6 is 11.3 Å². The quantitative estimate of drug-likeness (QED) is 0.732. The lowest BCUT2D eigenvalue weighted by atomic mass is 10.2. The van der Waals surface area contributed by atoms with Crippen molar-refractivity contribution < 1.29 is 14.6 Å². The van der Waals surface area contributed by atoms with Gasteiger partial charge in [-0.3, -0.25) is 0 Å². The van der Waals surface area contributed by atoms with Gasteiger partial charge in [0, 0.05) is 17.1 Å². The highest BCUT2D eigenvalue weighted by atomic mass is 32.1. The molecule has 2 aromatic rings. The third kappa shape index (κ3) is 5.05. The van der Waals surface area contributed by atoms with Crippen molar-refractivity contribution in [3.05, 3.63) is 46.7 Å². The van der Waals surface area contributed by atoms with Crippen LogP contribution < -0.4 is 15.4 Å². The SMILES string of the molecule is CCOc1ccc(NC(=O)NCC[C@@H](O)c2cccs2)cc1. The minimum absolute atomic E-state index is 0.289. The number of hydrogen-bond acceptors (Lipinski definition) is 4. The number of rotatable bonds is 7. The number of urea groups is 1. The van der Waals surface area contributed by atoms with Crippen molar-refractivity contribution in [2.45, 2.75) is 19.4 Å². The number of hydrogen-bond donors (Lipinski definition) is 3. The zero-order valence-electron chi connectivity index (χ0n) is 12.4. The molecule has 0 saturated carbocycles. The Morgan fingerprint density at radius 1 is 1.32 bits per heavy atom. The van der Waals surface area contributed by atoms with Crippen molar-refractivity contribution in [2.24, 2.45) is 0 Å². The molecule has 5 nitrogen and oxygen atoms in total. The Hall–Kier alpha value is -2.05. The Morgan fingerprint density at radius 3 is 2.73 bits per heavy atom. The molecule has 1 aromatic heterocycles. The highest BCUT2D eigenvalue weighted by Gasteiger charge is 2.09. The average Bonchev–Trinajstić information content (AvgIpc) is 3.04. The number of anilines is 1. The van der Waals surface area contributed by atoms with Crippen LogP contribution in [-0.2, 0) is 0 Å². The van der Waals surface area contributed by atoms with Crippen molar-refractivity contribution >= 4 is 23.1 Å². The third-order valence-corrected chi connectivity index (χ3v) is 3.97. The van der Waals surface area contributed by atoms with Crippen molar-refractivity contribution in [3.63, 3.8) is 0 Å². The first-order chi connectivity index (χ1) is 10.7. The van der Waals surface area contributed by atoms with Crippen molar-refractivity contribution in [2.75, 3.05) is 18.5 Å². The molecule has 0 unspecified atom stereocenters. The van der Waals surface area contributed by atoms with Crippen LogP contribution in [0.4, 0.5) is 10.5 Å². The third-order valence-electron chi connectivity index (χ3n) is 3.00. The van der Waals surface area contributed by atoms with Crippen LogP contribution in [0.1, 0.15) is 24.3 Å². The summed E-state index contributed by atoms with van der Waals surface area (Å²) in [6.07, 6.45) is -0.0530. The molecule has 1 aromatic carbocycles. The van der Waals surface area contributed by atoms with Crippen molar-refractivity contribution in [1.29, 1.82) is 0 Å². The molecule has 118 valence electrons. The second-order valence-electron chi connectivity index (χ2n) is 4.66. The summed E-state index contributed by atoms with van der Waals surface area (Å²) in [7, 11) is 0. The number of aliphatic hydroxyl groups is 1. The van der Waals surface area contributed by atoms with Gasteiger partial charge >= 0.3 is 6.03 Å². The Kier molecular flexibility index (Phi) is 6.24. The molecule has 2 rings (SSSR count). The first-order valence-corrected chi connectivity index (χ1v) is 8.06. The molecule has 0 spiro atoms. The predicted octanol–water partition coefficient (Wildman–Crippen LogP) is 3.39. The van der Waals surface area contributed by atoms with Gasteiger partial charge in [-0.15, -0.1) is 11.3 Å². The van der Waals surface area contributed by atoms with Crippen LogP contribution in [0.3, 0.4) is 0 Å². The average molecular weight is 320 g/mol. The Balaban J connectivity index is 1.71. The van der Waals surface area contributed by atoms with E-state index in [-0.39, 0.29) is 6.03 Å². The second-order valence-corrected chi connectivity index (χ2v) is 5.64. The highest BCUT2D eigenvalue weighted by Crippen LogP contribution is 2.21. The van der Waals surface area contributed by atoms with Crippen LogP contribution in [0, 0.1) is 0 Å². The summed E-state index contributed by atoms with van der Waals surface area (Å²) in [6, 6.07) is 10.7. The van der Waals surface area contributed by atoms with E-state index < -0.39 is 6.10 Å². The largest absolute Gasteiger partial charge is 0.494 e. The summed E-state index contributed by atoms with van der Waals surface area (Å²) in [5.74, 6) is 0.771. The lowest BCUT2D eigenvalue weighted by molar-refractivity contribution is 0.171. The number of carbonyl (C=O) groups is 1. The minimum atomic E-state index is -0.536. The number of nitrogens with one attached hydrogen (secondary N) is 2. The van der Waals surface area contributed by atoms with Gasteiger partial charge in [-0.25, -0.2) is 4.79 Å². The molecule has 2 amide bonds. The van der Waals surface area contributed by atoms with Crippen LogP contribution in [0.25, 0.3) is 0 Å². The summed E-state index contributed by atoms with van der Waals surface area (Å²) in [5, 5.41) is 17.3. The summed E-state index contributed by atoms with van der Waals surface area (Å²) in [5.41, 5.74) is 0.694. The van der Waals surface area contributed by atoms with Crippen LogP contribution in [0.15, 0.2) is 41.8 Å². The fourth-order valence-electron chi connectivity index (χ4n) is 1.92. The summed E-state index contributed by atoms with van der Waals surface area (Å²) < 4.78 is 5.34. The van der Waals surface area contributed by atoms with Gasteiger partial charge in [-0.1, -0.05) is 6.07 Å². The second kappa shape index (κ2) is 8.41. The van der Waals surface area contributed by atoms with E-state index in [0.29, 0.717) is 25.3 Å². The topological polar surface area (TPSA) is 70.6 Å². The summed E-state index contributed by atoms with van der Waals surface area (Å²) >= 11 is 1.51. The molecule has 0 bridgehead atoms. The predicted molar refractivity (Wildman–Crippen MR) is 88.5 cm³/mol.